The Morgan fingerprint density at radius 1 is 0.839 bits per heavy atom. The molecule has 0 aromatic rings. The van der Waals surface area contributed by atoms with Gasteiger partial charge < -0.3 is 22.9 Å². The molecule has 0 amide bonds. The first kappa shape index (κ1) is 35.8. The van der Waals surface area contributed by atoms with Crippen molar-refractivity contribution in [1.29, 1.82) is 0 Å². The fourth-order valence-electron chi connectivity index (χ4n) is 2.97. The molecule has 1 fully saturated rings. The summed E-state index contributed by atoms with van der Waals surface area (Å²) in [6, 6.07) is 0.142. The number of carboxylic acid groups (broad SMARTS) is 2. The molecule has 1 saturated carbocycles. The number of nitrogens with one attached hydrogen (secondary N) is 1. The Morgan fingerprint density at radius 2 is 1.19 bits per heavy atom. The Labute approximate surface area is 207 Å². The van der Waals surface area contributed by atoms with Gasteiger partial charge in [-0.25, -0.2) is 0 Å². The van der Waals surface area contributed by atoms with Gasteiger partial charge in [-0.05, 0) is 12.8 Å². The van der Waals surface area contributed by atoms with Crippen LogP contribution >= 0.6 is 18.8 Å². The van der Waals surface area contributed by atoms with Crippen molar-refractivity contribution in [2.24, 2.45) is 5.92 Å². The number of aliphatic carboxylic acids is 2. The standard InChI is InChI=1S/2C8H16O2.C7H13N.2ClH.Pt/c2*1-2-3-4-5-6-7-8(9)10;1-6-4-2-3-5-7(6)8;;;/h2*2-7H2,1H3,(H,9,10);6-8H,1-5H2;2*1H;/q;;-2;;;+4/p-2/t;;6-,7-;;;/m..1.../s1. The molecule has 0 radical (unpaired) electrons. The average molecular weight is 666 g/mol. The molecule has 1 aliphatic rings. The molecule has 0 unspecified atom stereocenters. The first-order chi connectivity index (χ1) is 14.8. The van der Waals surface area contributed by atoms with Crippen LogP contribution in [0, 0.1) is 12.8 Å². The van der Waals surface area contributed by atoms with Gasteiger partial charge in [-0.1, -0.05) is 90.9 Å². The van der Waals surface area contributed by atoms with Crippen LogP contribution in [0.25, 0.3) is 5.73 Å². The average Bonchev–Trinajstić information content (AvgIpc) is 2.71. The molecule has 1 rings (SSSR count). The summed E-state index contributed by atoms with van der Waals surface area (Å²) in [7, 11) is 9.75. The van der Waals surface area contributed by atoms with Crippen LogP contribution in [0.1, 0.15) is 117 Å². The summed E-state index contributed by atoms with van der Waals surface area (Å²) in [5.41, 5.74) is 7.42. The normalized spacial score (nSPS) is 17.2. The van der Waals surface area contributed by atoms with Crippen LogP contribution in [-0.4, -0.2) is 28.2 Å². The summed E-state index contributed by atoms with van der Waals surface area (Å²) in [6.45, 7) is 8.19. The van der Waals surface area contributed by atoms with E-state index >= 15 is 0 Å². The predicted octanol–water partition coefficient (Wildman–Crippen LogP) is 8.67. The van der Waals surface area contributed by atoms with Crippen molar-refractivity contribution < 1.29 is 36.3 Å². The van der Waals surface area contributed by atoms with Crippen LogP contribution in [-0.2, 0) is 26.1 Å². The summed E-state index contributed by atoms with van der Waals surface area (Å²) in [6.07, 6.45) is 16.6. The minimum absolute atomic E-state index is 0.142. The Morgan fingerprint density at radius 3 is 1.45 bits per heavy atom. The van der Waals surface area contributed by atoms with E-state index in [0.29, 0.717) is 18.8 Å². The predicted molar refractivity (Wildman–Crippen MR) is 129 cm³/mol. The number of halogens is 2. The van der Waals surface area contributed by atoms with Crippen LogP contribution in [0.15, 0.2) is 0 Å². The Balaban J connectivity index is -0.000000357. The number of carboxylic acids is 2. The monoisotopic (exact) mass is 664 g/mol. The van der Waals surface area contributed by atoms with Crippen LogP contribution < -0.4 is 0 Å². The van der Waals surface area contributed by atoms with Gasteiger partial charge in [-0.15, -0.1) is 0 Å². The molecule has 0 aliphatic heterocycles. The Hall–Kier alpha value is 0.168. The molecule has 0 spiro atoms. The fourth-order valence-corrected chi connectivity index (χ4v) is 2.97. The first-order valence-corrected chi connectivity index (χ1v) is 17.2. The second-order valence-electron chi connectivity index (χ2n) is 7.81. The molecule has 0 saturated heterocycles. The molecule has 1 aliphatic carbocycles. The second kappa shape index (κ2) is 30.2. The number of unbranched alkanes of at least 4 members (excludes halogenated alkanes) is 8. The molecule has 8 heteroatoms. The maximum atomic E-state index is 10.0. The van der Waals surface area contributed by atoms with Gasteiger partial charge >= 0.3 is 47.3 Å². The quantitative estimate of drug-likeness (QED) is 0.161. The van der Waals surface area contributed by atoms with Crippen molar-refractivity contribution in [3.05, 3.63) is 12.7 Å². The van der Waals surface area contributed by atoms with E-state index in [1.807, 2.05) is 0 Å². The number of hydrogen-bond acceptors (Lipinski definition) is 2. The van der Waals surface area contributed by atoms with Crippen molar-refractivity contribution in [1.82, 2.24) is 0 Å². The van der Waals surface area contributed by atoms with Gasteiger partial charge in [0.15, 0.2) is 0 Å². The van der Waals surface area contributed by atoms with E-state index in [-0.39, 0.29) is 6.04 Å². The van der Waals surface area contributed by atoms with Crippen LogP contribution in [0.4, 0.5) is 0 Å². The van der Waals surface area contributed by atoms with E-state index in [1.165, 1.54) is 57.8 Å². The Kier molecular flexibility index (Phi) is 34.8. The number of hydrogen-bond donors (Lipinski definition) is 2. The Bertz CT molecular complexity index is 357. The SMILES string of the molecule is CCCCCCCC(=O)O.CCCCCCCC(=O)O.[CH2-][C@@H]1CCCC[C@H]1[NH-].[Cl][Pt+2][Cl]. The number of carbonyl (C=O) groups is 2. The zero-order valence-electron chi connectivity index (χ0n) is 19.5. The van der Waals surface area contributed by atoms with E-state index in [0.717, 1.165) is 32.1 Å². The third kappa shape index (κ3) is 37.8. The minimum atomic E-state index is -0.670. The summed E-state index contributed by atoms with van der Waals surface area (Å²) < 4.78 is 0. The van der Waals surface area contributed by atoms with Crippen LogP contribution in [0.5, 0.6) is 0 Å². The molecule has 0 aromatic heterocycles. The van der Waals surface area contributed by atoms with Crippen molar-refractivity contribution in [2.45, 2.75) is 123 Å². The van der Waals surface area contributed by atoms with E-state index in [2.05, 4.69) is 20.8 Å². The molecule has 0 heterocycles. The topological polar surface area (TPSA) is 98.4 Å². The summed E-state index contributed by atoms with van der Waals surface area (Å²) in [5, 5.41) is 16.5. The summed E-state index contributed by atoms with van der Waals surface area (Å²) >= 11 is -0.472. The third-order valence-corrected chi connectivity index (χ3v) is 4.90. The van der Waals surface area contributed by atoms with Gasteiger partial charge in [0.2, 0.25) is 0 Å². The molecule has 3 N–H and O–H groups in total. The van der Waals surface area contributed by atoms with Crippen LogP contribution in [0.3, 0.4) is 0 Å². The van der Waals surface area contributed by atoms with Gasteiger partial charge in [-0.3, -0.25) is 9.59 Å². The van der Waals surface area contributed by atoms with Crippen molar-refractivity contribution in [2.75, 3.05) is 0 Å². The molecule has 5 nitrogen and oxygen atoms in total. The van der Waals surface area contributed by atoms with Crippen molar-refractivity contribution in [3.8, 4) is 0 Å². The van der Waals surface area contributed by atoms with Gasteiger partial charge in [0, 0.05) is 12.8 Å². The molecule has 2 atom stereocenters. The van der Waals surface area contributed by atoms with E-state index in [9.17, 15) is 9.59 Å². The summed E-state index contributed by atoms with van der Waals surface area (Å²) in [4.78, 5) is 20.1. The van der Waals surface area contributed by atoms with Crippen molar-refractivity contribution in [3.63, 3.8) is 0 Å². The number of rotatable bonds is 12. The molecule has 0 bridgehead atoms. The van der Waals surface area contributed by atoms with Gasteiger partial charge in [0.05, 0.1) is 0 Å². The molecule has 190 valence electrons. The van der Waals surface area contributed by atoms with Crippen LogP contribution in [0.2, 0.25) is 0 Å². The third-order valence-electron chi connectivity index (χ3n) is 4.90. The zero-order chi connectivity index (χ0) is 24.3. The molecule has 31 heavy (non-hydrogen) atoms. The van der Waals surface area contributed by atoms with Gasteiger partial charge in [0.1, 0.15) is 0 Å². The van der Waals surface area contributed by atoms with Crippen molar-refractivity contribution >= 4 is 30.8 Å². The van der Waals surface area contributed by atoms with E-state index in [4.69, 9.17) is 34.8 Å². The maximum absolute atomic E-state index is 10.0. The second-order valence-corrected chi connectivity index (χ2v) is 11.1. The zero-order valence-corrected chi connectivity index (χ0v) is 23.2. The fraction of sp³-hybridized carbons (Fsp3) is 0.870. The van der Waals surface area contributed by atoms with Gasteiger partial charge in [-0.2, -0.15) is 12.0 Å². The summed E-state index contributed by atoms with van der Waals surface area (Å²) in [5.74, 6) is -0.920. The van der Waals surface area contributed by atoms with E-state index in [1.54, 1.807) is 0 Å². The molecule has 0 aromatic carbocycles. The van der Waals surface area contributed by atoms with Gasteiger partial charge in [0.25, 0.3) is 0 Å². The first-order valence-electron chi connectivity index (χ1n) is 11.6. The molecular formula is C23H45Cl2NO4Pt. The molecular weight excluding hydrogens is 620 g/mol. The van der Waals surface area contributed by atoms with E-state index < -0.39 is 28.4 Å².